The number of hydrogen-bond donors (Lipinski definition) is 2. The number of aliphatic carboxylic acids is 2. The van der Waals surface area contributed by atoms with Crippen LogP contribution in [0.3, 0.4) is 0 Å². The molecule has 0 saturated heterocycles. The first-order valence-corrected chi connectivity index (χ1v) is 6.66. The molecular formula is C14H24O4. The molecule has 0 aliphatic carbocycles. The highest BCUT2D eigenvalue weighted by Crippen LogP contribution is 2.15. The van der Waals surface area contributed by atoms with Crippen molar-refractivity contribution in [3.05, 3.63) is 12.2 Å². The molecule has 104 valence electrons. The van der Waals surface area contributed by atoms with E-state index in [0.29, 0.717) is 12.8 Å². The van der Waals surface area contributed by atoms with E-state index >= 15 is 0 Å². The first-order valence-electron chi connectivity index (χ1n) is 6.66. The molecule has 0 radical (unpaired) electrons. The van der Waals surface area contributed by atoms with Gasteiger partial charge in [-0.1, -0.05) is 51.7 Å². The van der Waals surface area contributed by atoms with E-state index in [4.69, 9.17) is 10.2 Å². The van der Waals surface area contributed by atoms with Crippen LogP contribution in [0.2, 0.25) is 0 Å². The quantitative estimate of drug-likeness (QED) is 0.588. The van der Waals surface area contributed by atoms with Crippen molar-refractivity contribution in [2.24, 2.45) is 11.8 Å². The van der Waals surface area contributed by atoms with E-state index in [9.17, 15) is 9.59 Å². The van der Waals surface area contributed by atoms with Crippen LogP contribution in [-0.4, -0.2) is 22.2 Å². The maximum Gasteiger partial charge on any atom is 0.310 e. The van der Waals surface area contributed by atoms with Gasteiger partial charge in [0.15, 0.2) is 0 Å². The second-order valence-electron chi connectivity index (χ2n) is 4.56. The number of carbonyl (C=O) groups is 2. The van der Waals surface area contributed by atoms with E-state index in [1.54, 1.807) is 12.2 Å². The summed E-state index contributed by atoms with van der Waals surface area (Å²) < 4.78 is 0. The van der Waals surface area contributed by atoms with Crippen LogP contribution in [0.25, 0.3) is 0 Å². The van der Waals surface area contributed by atoms with Crippen LogP contribution < -0.4 is 0 Å². The van der Waals surface area contributed by atoms with Crippen LogP contribution >= 0.6 is 0 Å². The molecule has 0 fully saturated rings. The normalized spacial score (nSPS) is 14.6. The summed E-state index contributed by atoms with van der Waals surface area (Å²) >= 11 is 0. The minimum atomic E-state index is -0.876. The van der Waals surface area contributed by atoms with Gasteiger partial charge in [-0.3, -0.25) is 9.59 Å². The van der Waals surface area contributed by atoms with Crippen molar-refractivity contribution in [1.29, 1.82) is 0 Å². The lowest BCUT2D eigenvalue weighted by Crippen LogP contribution is -2.14. The standard InChI is InChI=1S/C14H24O4/c1-3-5-7-11(13(15)16)9-10-12(14(17)18)8-6-4-2/h9-12H,3-8H2,1-2H3,(H,15,16)(H,17,18). The molecule has 0 rings (SSSR count). The van der Waals surface area contributed by atoms with Crippen molar-refractivity contribution < 1.29 is 19.8 Å². The smallest absolute Gasteiger partial charge is 0.310 e. The molecule has 0 aliphatic rings. The lowest BCUT2D eigenvalue weighted by Gasteiger charge is -2.09. The highest BCUT2D eigenvalue weighted by Gasteiger charge is 2.17. The molecule has 0 aromatic carbocycles. The Labute approximate surface area is 109 Å². The van der Waals surface area contributed by atoms with E-state index < -0.39 is 23.8 Å². The third kappa shape index (κ3) is 7.09. The summed E-state index contributed by atoms with van der Waals surface area (Å²) in [6.45, 7) is 4.01. The van der Waals surface area contributed by atoms with E-state index in [1.165, 1.54) is 0 Å². The number of carboxylic acids is 2. The predicted octanol–water partition coefficient (Wildman–Crippen LogP) is 3.32. The fourth-order valence-electron chi connectivity index (χ4n) is 1.72. The molecule has 0 aliphatic heterocycles. The van der Waals surface area contributed by atoms with Gasteiger partial charge in [-0.05, 0) is 12.8 Å². The van der Waals surface area contributed by atoms with Crippen molar-refractivity contribution >= 4 is 11.9 Å². The van der Waals surface area contributed by atoms with E-state index in [1.807, 2.05) is 13.8 Å². The molecular weight excluding hydrogens is 232 g/mol. The lowest BCUT2D eigenvalue weighted by molar-refractivity contribution is -0.141. The summed E-state index contributed by atoms with van der Waals surface area (Å²) in [7, 11) is 0. The molecule has 0 spiro atoms. The van der Waals surface area contributed by atoms with Gasteiger partial charge < -0.3 is 10.2 Å². The predicted molar refractivity (Wildman–Crippen MR) is 70.4 cm³/mol. The van der Waals surface area contributed by atoms with Crippen molar-refractivity contribution in [1.82, 2.24) is 0 Å². The summed E-state index contributed by atoms with van der Waals surface area (Å²) in [5.41, 5.74) is 0. The first kappa shape index (κ1) is 16.7. The van der Waals surface area contributed by atoms with Crippen LogP contribution in [0.1, 0.15) is 52.4 Å². The Balaban J connectivity index is 4.49. The second kappa shape index (κ2) is 9.68. The van der Waals surface area contributed by atoms with Gasteiger partial charge in [0.05, 0.1) is 11.8 Å². The Hall–Kier alpha value is -1.32. The number of carboxylic acid groups (broad SMARTS) is 2. The summed E-state index contributed by atoms with van der Waals surface area (Å²) in [5, 5.41) is 18.1. The van der Waals surface area contributed by atoms with Gasteiger partial charge in [-0.25, -0.2) is 0 Å². The summed E-state index contributed by atoms with van der Waals surface area (Å²) in [6, 6.07) is 0. The van der Waals surface area contributed by atoms with Gasteiger partial charge in [0, 0.05) is 0 Å². The first-order chi connectivity index (χ1) is 8.52. The Morgan fingerprint density at radius 3 is 1.44 bits per heavy atom. The maximum absolute atomic E-state index is 11.0. The average Bonchev–Trinajstić information content (AvgIpc) is 2.31. The molecule has 2 unspecified atom stereocenters. The molecule has 4 nitrogen and oxygen atoms in total. The molecule has 0 amide bonds. The Bertz CT molecular complexity index is 256. The molecule has 0 heterocycles. The highest BCUT2D eigenvalue weighted by molar-refractivity contribution is 5.74. The molecule has 2 atom stereocenters. The topological polar surface area (TPSA) is 74.6 Å². The van der Waals surface area contributed by atoms with Gasteiger partial charge in [-0.2, -0.15) is 0 Å². The lowest BCUT2D eigenvalue weighted by atomic mass is 9.96. The van der Waals surface area contributed by atoms with Crippen molar-refractivity contribution in [3.63, 3.8) is 0 Å². The average molecular weight is 256 g/mol. The fourth-order valence-corrected chi connectivity index (χ4v) is 1.72. The number of rotatable bonds is 10. The molecule has 2 N–H and O–H groups in total. The number of hydrogen-bond acceptors (Lipinski definition) is 2. The highest BCUT2D eigenvalue weighted by atomic mass is 16.4. The molecule has 0 bridgehead atoms. The number of unbranched alkanes of at least 4 members (excludes halogenated alkanes) is 2. The molecule has 4 heteroatoms. The Morgan fingerprint density at radius 2 is 1.22 bits per heavy atom. The van der Waals surface area contributed by atoms with Crippen LogP contribution in [-0.2, 0) is 9.59 Å². The van der Waals surface area contributed by atoms with Gasteiger partial charge in [0.2, 0.25) is 0 Å². The zero-order valence-electron chi connectivity index (χ0n) is 11.3. The molecule has 0 saturated carbocycles. The van der Waals surface area contributed by atoms with Crippen molar-refractivity contribution in [2.45, 2.75) is 52.4 Å². The van der Waals surface area contributed by atoms with Gasteiger partial charge in [-0.15, -0.1) is 0 Å². The minimum Gasteiger partial charge on any atom is -0.481 e. The van der Waals surface area contributed by atoms with Crippen LogP contribution in [0.4, 0.5) is 0 Å². The molecule has 0 aromatic rings. The van der Waals surface area contributed by atoms with E-state index in [2.05, 4.69) is 0 Å². The fraction of sp³-hybridized carbons (Fsp3) is 0.714. The molecule has 0 aromatic heterocycles. The van der Waals surface area contributed by atoms with Crippen LogP contribution in [0.15, 0.2) is 12.2 Å². The van der Waals surface area contributed by atoms with Gasteiger partial charge in [0.25, 0.3) is 0 Å². The summed E-state index contributed by atoms with van der Waals surface area (Å²) in [5.74, 6) is -2.87. The van der Waals surface area contributed by atoms with E-state index in [-0.39, 0.29) is 0 Å². The largest absolute Gasteiger partial charge is 0.481 e. The van der Waals surface area contributed by atoms with Gasteiger partial charge in [0.1, 0.15) is 0 Å². The van der Waals surface area contributed by atoms with Crippen molar-refractivity contribution in [3.8, 4) is 0 Å². The zero-order valence-corrected chi connectivity index (χ0v) is 11.3. The summed E-state index contributed by atoms with van der Waals surface area (Å²) in [6.07, 6.45) is 7.80. The van der Waals surface area contributed by atoms with Crippen molar-refractivity contribution in [2.75, 3.05) is 0 Å². The SMILES string of the molecule is CCCCC(C=CC(CCCC)C(=O)O)C(=O)O. The maximum atomic E-state index is 11.0. The molecule has 18 heavy (non-hydrogen) atoms. The summed E-state index contributed by atoms with van der Waals surface area (Å²) in [4.78, 5) is 22.0. The van der Waals surface area contributed by atoms with E-state index in [0.717, 1.165) is 25.7 Å². The van der Waals surface area contributed by atoms with Gasteiger partial charge >= 0.3 is 11.9 Å². The zero-order chi connectivity index (χ0) is 14.0. The third-order valence-electron chi connectivity index (χ3n) is 2.95. The Kier molecular flexibility index (Phi) is 8.97. The monoisotopic (exact) mass is 256 g/mol. The second-order valence-corrected chi connectivity index (χ2v) is 4.56. The Morgan fingerprint density at radius 1 is 0.889 bits per heavy atom. The van der Waals surface area contributed by atoms with Crippen LogP contribution in [0, 0.1) is 11.8 Å². The third-order valence-corrected chi connectivity index (χ3v) is 2.95. The van der Waals surface area contributed by atoms with Crippen LogP contribution in [0.5, 0.6) is 0 Å². The minimum absolute atomic E-state index is 0.562.